The Morgan fingerprint density at radius 2 is 2.18 bits per heavy atom. The van der Waals surface area contributed by atoms with E-state index in [1.165, 1.54) is 5.57 Å². The minimum absolute atomic E-state index is 0.378. The molecular weight excluding hydrogens is 136 g/mol. The summed E-state index contributed by atoms with van der Waals surface area (Å²) in [6.45, 7) is 6.37. The van der Waals surface area contributed by atoms with E-state index in [2.05, 4.69) is 20.8 Å². The van der Waals surface area contributed by atoms with Crippen LogP contribution in [0.1, 0.15) is 40.0 Å². The second-order valence-corrected chi connectivity index (χ2v) is 3.38. The zero-order valence-electron chi connectivity index (χ0n) is 7.61. The number of Topliss-reactive ketones (excluding diaryl/α,β-unsaturated/α-hetero) is 1. The fourth-order valence-corrected chi connectivity index (χ4v) is 1.71. The molecule has 1 aliphatic rings. The number of hydrogen-bond acceptors (Lipinski definition) is 1. The van der Waals surface area contributed by atoms with Gasteiger partial charge >= 0.3 is 0 Å². The molecule has 0 aromatic carbocycles. The second-order valence-electron chi connectivity index (χ2n) is 3.38. The summed E-state index contributed by atoms with van der Waals surface area (Å²) in [4.78, 5) is 11.3. The highest BCUT2D eigenvalue weighted by Crippen LogP contribution is 2.28. The normalized spacial score (nSPS) is 26.1. The molecule has 0 radical (unpaired) electrons. The first-order valence-corrected chi connectivity index (χ1v) is 4.39. The monoisotopic (exact) mass is 152 g/mol. The Labute approximate surface area is 68.5 Å². The van der Waals surface area contributed by atoms with E-state index in [0.29, 0.717) is 11.7 Å². The lowest BCUT2D eigenvalue weighted by Crippen LogP contribution is -2.15. The van der Waals surface area contributed by atoms with E-state index in [9.17, 15) is 4.79 Å². The molecule has 1 aliphatic carbocycles. The standard InChI is InChI=1S/C10H16O/c1-4-9-8(3)7(2)5-6-10(9)11/h7H,4-6H2,1-3H3. The van der Waals surface area contributed by atoms with Crippen molar-refractivity contribution in [2.75, 3.05) is 0 Å². The van der Waals surface area contributed by atoms with Gasteiger partial charge in [0.2, 0.25) is 0 Å². The number of ketones is 1. The van der Waals surface area contributed by atoms with Crippen molar-refractivity contribution in [2.45, 2.75) is 40.0 Å². The molecule has 0 bridgehead atoms. The van der Waals surface area contributed by atoms with Crippen molar-refractivity contribution in [1.29, 1.82) is 0 Å². The van der Waals surface area contributed by atoms with Gasteiger partial charge in [0.15, 0.2) is 5.78 Å². The van der Waals surface area contributed by atoms with Gasteiger partial charge in [-0.1, -0.05) is 19.4 Å². The number of rotatable bonds is 1. The van der Waals surface area contributed by atoms with Gasteiger partial charge in [0.05, 0.1) is 0 Å². The van der Waals surface area contributed by atoms with Gasteiger partial charge in [-0.2, -0.15) is 0 Å². The van der Waals surface area contributed by atoms with Crippen LogP contribution in [-0.4, -0.2) is 5.78 Å². The van der Waals surface area contributed by atoms with Crippen molar-refractivity contribution >= 4 is 5.78 Å². The van der Waals surface area contributed by atoms with Crippen LogP contribution in [0.25, 0.3) is 0 Å². The molecule has 0 saturated heterocycles. The van der Waals surface area contributed by atoms with E-state index in [4.69, 9.17) is 0 Å². The summed E-state index contributed by atoms with van der Waals surface area (Å²) in [5.41, 5.74) is 2.41. The zero-order valence-corrected chi connectivity index (χ0v) is 7.61. The molecule has 62 valence electrons. The van der Waals surface area contributed by atoms with Crippen LogP contribution in [0.15, 0.2) is 11.1 Å². The first kappa shape index (κ1) is 8.51. The number of carbonyl (C=O) groups is 1. The summed E-state index contributed by atoms with van der Waals surface area (Å²) in [5, 5.41) is 0. The maximum absolute atomic E-state index is 11.3. The number of allylic oxidation sites excluding steroid dienone is 2. The van der Waals surface area contributed by atoms with Gasteiger partial charge in [0, 0.05) is 6.42 Å². The highest BCUT2D eigenvalue weighted by atomic mass is 16.1. The fraction of sp³-hybridized carbons (Fsp3) is 0.700. The Hall–Kier alpha value is -0.590. The Morgan fingerprint density at radius 3 is 2.64 bits per heavy atom. The summed E-state index contributed by atoms with van der Waals surface area (Å²) < 4.78 is 0. The van der Waals surface area contributed by atoms with Gasteiger partial charge in [-0.25, -0.2) is 0 Å². The molecule has 0 spiro atoms. The Balaban J connectivity index is 2.93. The van der Waals surface area contributed by atoms with Crippen LogP contribution in [0.5, 0.6) is 0 Å². The third-order valence-corrected chi connectivity index (χ3v) is 2.71. The zero-order chi connectivity index (χ0) is 8.43. The van der Waals surface area contributed by atoms with Crippen molar-refractivity contribution in [2.24, 2.45) is 5.92 Å². The van der Waals surface area contributed by atoms with Crippen LogP contribution in [-0.2, 0) is 4.79 Å². The van der Waals surface area contributed by atoms with Crippen molar-refractivity contribution < 1.29 is 4.79 Å². The summed E-state index contributed by atoms with van der Waals surface area (Å²) in [5.74, 6) is 1.01. The third-order valence-electron chi connectivity index (χ3n) is 2.71. The van der Waals surface area contributed by atoms with Crippen LogP contribution in [0, 0.1) is 5.92 Å². The van der Waals surface area contributed by atoms with E-state index < -0.39 is 0 Å². The van der Waals surface area contributed by atoms with Gasteiger partial charge in [0.25, 0.3) is 0 Å². The maximum atomic E-state index is 11.3. The van der Waals surface area contributed by atoms with Crippen LogP contribution in [0.4, 0.5) is 0 Å². The van der Waals surface area contributed by atoms with Gasteiger partial charge in [-0.15, -0.1) is 0 Å². The largest absolute Gasteiger partial charge is 0.295 e. The third kappa shape index (κ3) is 1.52. The van der Waals surface area contributed by atoms with Gasteiger partial charge in [0.1, 0.15) is 0 Å². The summed E-state index contributed by atoms with van der Waals surface area (Å²) in [6.07, 6.45) is 2.73. The van der Waals surface area contributed by atoms with E-state index in [-0.39, 0.29) is 0 Å². The molecule has 1 atom stereocenters. The molecule has 0 aliphatic heterocycles. The van der Waals surface area contributed by atoms with E-state index in [0.717, 1.165) is 24.8 Å². The highest BCUT2D eigenvalue weighted by Gasteiger charge is 2.20. The average Bonchev–Trinajstić information content (AvgIpc) is 1.99. The molecule has 0 saturated carbocycles. The molecule has 0 aromatic heterocycles. The number of carbonyl (C=O) groups excluding carboxylic acids is 1. The predicted molar refractivity (Wildman–Crippen MR) is 46.4 cm³/mol. The average molecular weight is 152 g/mol. The predicted octanol–water partition coefficient (Wildman–Crippen LogP) is 2.71. The Kier molecular flexibility index (Phi) is 2.48. The summed E-state index contributed by atoms with van der Waals surface area (Å²) in [6, 6.07) is 0. The fourth-order valence-electron chi connectivity index (χ4n) is 1.71. The first-order chi connectivity index (χ1) is 5.16. The van der Waals surface area contributed by atoms with Crippen molar-refractivity contribution in [3.63, 3.8) is 0 Å². The SMILES string of the molecule is CCC1=C(C)C(C)CCC1=O. The van der Waals surface area contributed by atoms with E-state index in [1.54, 1.807) is 0 Å². The topological polar surface area (TPSA) is 17.1 Å². The quantitative estimate of drug-likeness (QED) is 0.564. The number of hydrogen-bond donors (Lipinski definition) is 0. The van der Waals surface area contributed by atoms with Crippen molar-refractivity contribution in [1.82, 2.24) is 0 Å². The first-order valence-electron chi connectivity index (χ1n) is 4.39. The lowest BCUT2D eigenvalue weighted by molar-refractivity contribution is -0.116. The molecule has 0 heterocycles. The lowest BCUT2D eigenvalue weighted by Gasteiger charge is -2.21. The van der Waals surface area contributed by atoms with E-state index in [1.807, 2.05) is 0 Å². The maximum Gasteiger partial charge on any atom is 0.158 e. The van der Waals surface area contributed by atoms with Gasteiger partial charge in [-0.3, -0.25) is 4.79 Å². The van der Waals surface area contributed by atoms with Crippen molar-refractivity contribution in [3.05, 3.63) is 11.1 Å². The molecular formula is C10H16O. The minimum Gasteiger partial charge on any atom is -0.295 e. The molecule has 1 nitrogen and oxygen atoms in total. The lowest BCUT2D eigenvalue weighted by atomic mass is 9.83. The molecule has 0 fully saturated rings. The van der Waals surface area contributed by atoms with Crippen LogP contribution in [0.2, 0.25) is 0 Å². The second kappa shape index (κ2) is 3.21. The molecule has 1 heteroatoms. The molecule has 0 aromatic rings. The summed E-state index contributed by atoms with van der Waals surface area (Å²) in [7, 11) is 0. The summed E-state index contributed by atoms with van der Waals surface area (Å²) >= 11 is 0. The van der Waals surface area contributed by atoms with Gasteiger partial charge < -0.3 is 0 Å². The molecule has 1 rings (SSSR count). The van der Waals surface area contributed by atoms with Gasteiger partial charge in [-0.05, 0) is 31.3 Å². The Bertz CT molecular complexity index is 201. The molecule has 0 amide bonds. The highest BCUT2D eigenvalue weighted by molar-refractivity contribution is 5.96. The molecule has 1 unspecified atom stereocenters. The smallest absolute Gasteiger partial charge is 0.158 e. The van der Waals surface area contributed by atoms with Crippen LogP contribution < -0.4 is 0 Å². The van der Waals surface area contributed by atoms with Crippen LogP contribution >= 0.6 is 0 Å². The molecule has 11 heavy (non-hydrogen) atoms. The van der Waals surface area contributed by atoms with Crippen LogP contribution in [0.3, 0.4) is 0 Å². The molecule has 0 N–H and O–H groups in total. The van der Waals surface area contributed by atoms with E-state index >= 15 is 0 Å². The minimum atomic E-state index is 0.378. The Morgan fingerprint density at radius 1 is 1.55 bits per heavy atom. The van der Waals surface area contributed by atoms with Crippen molar-refractivity contribution in [3.8, 4) is 0 Å².